The van der Waals surface area contributed by atoms with Crippen LogP contribution in [0.5, 0.6) is 0 Å². The Morgan fingerprint density at radius 2 is 2.10 bits per heavy atom. The lowest BCUT2D eigenvalue weighted by Crippen LogP contribution is -2.46. The molecule has 0 bridgehead atoms. The van der Waals surface area contributed by atoms with Gasteiger partial charge in [0.1, 0.15) is 5.82 Å². The number of piperidine rings is 1. The zero-order chi connectivity index (χ0) is 14.3. The van der Waals surface area contributed by atoms with Crippen molar-refractivity contribution >= 4 is 22.4 Å². The molecule has 118 valence electrons. The predicted octanol–water partition coefficient (Wildman–Crippen LogP) is 1.93. The van der Waals surface area contributed by atoms with Gasteiger partial charge in [-0.25, -0.2) is 12.8 Å². The fourth-order valence-electron chi connectivity index (χ4n) is 3.12. The second-order valence-corrected chi connectivity index (χ2v) is 7.61. The molecule has 1 aromatic carbocycles. The second kappa shape index (κ2) is 6.20. The number of hydrogen-bond acceptors (Lipinski definition) is 3. The summed E-state index contributed by atoms with van der Waals surface area (Å²) in [5, 5.41) is 3.41. The quantitative estimate of drug-likeness (QED) is 0.899. The number of nitrogens with zero attached hydrogens (tertiary/aromatic N) is 1. The minimum atomic E-state index is -3.57. The van der Waals surface area contributed by atoms with Crippen LogP contribution in [0.1, 0.15) is 18.4 Å². The molecule has 3 rings (SSSR count). The van der Waals surface area contributed by atoms with Gasteiger partial charge in [0.15, 0.2) is 0 Å². The van der Waals surface area contributed by atoms with E-state index in [0.29, 0.717) is 30.6 Å². The number of benzene rings is 1. The first-order chi connectivity index (χ1) is 9.48. The molecule has 0 aromatic heterocycles. The first kappa shape index (κ1) is 16.7. The number of halogens is 2. The van der Waals surface area contributed by atoms with Gasteiger partial charge in [0.05, 0.1) is 4.90 Å². The molecule has 4 nitrogen and oxygen atoms in total. The second-order valence-electron chi connectivity index (χ2n) is 5.67. The third-order valence-corrected chi connectivity index (χ3v) is 6.26. The van der Waals surface area contributed by atoms with E-state index in [4.69, 9.17) is 0 Å². The zero-order valence-electron chi connectivity index (χ0n) is 11.9. The first-order valence-corrected chi connectivity index (χ1v) is 8.42. The van der Waals surface area contributed by atoms with Gasteiger partial charge < -0.3 is 5.32 Å². The summed E-state index contributed by atoms with van der Waals surface area (Å²) < 4.78 is 40.3. The fourth-order valence-corrected chi connectivity index (χ4v) is 4.64. The molecule has 0 amide bonds. The summed E-state index contributed by atoms with van der Waals surface area (Å²) in [4.78, 5) is 0.0602. The van der Waals surface area contributed by atoms with Crippen LogP contribution in [0.4, 0.5) is 4.39 Å². The summed E-state index contributed by atoms with van der Waals surface area (Å²) >= 11 is 0. The Labute approximate surface area is 131 Å². The van der Waals surface area contributed by atoms with Crippen LogP contribution in [-0.2, 0) is 10.0 Å². The average molecular weight is 335 g/mol. The van der Waals surface area contributed by atoms with Gasteiger partial charge in [-0.2, -0.15) is 4.31 Å². The Morgan fingerprint density at radius 3 is 2.81 bits per heavy atom. The predicted molar refractivity (Wildman–Crippen MR) is 81.7 cm³/mol. The number of nitrogens with one attached hydrogen (secondary N) is 1. The van der Waals surface area contributed by atoms with Crippen LogP contribution < -0.4 is 5.32 Å². The van der Waals surface area contributed by atoms with Gasteiger partial charge >= 0.3 is 0 Å². The third-order valence-electron chi connectivity index (χ3n) is 4.40. The van der Waals surface area contributed by atoms with E-state index in [1.54, 1.807) is 6.92 Å². The van der Waals surface area contributed by atoms with Gasteiger partial charge in [0.2, 0.25) is 10.0 Å². The molecule has 1 aromatic rings. The van der Waals surface area contributed by atoms with Crippen molar-refractivity contribution in [3.8, 4) is 0 Å². The van der Waals surface area contributed by atoms with E-state index in [0.717, 1.165) is 25.5 Å². The minimum Gasteiger partial charge on any atom is -0.314 e. The molecule has 0 saturated carbocycles. The molecule has 0 aliphatic carbocycles. The highest BCUT2D eigenvalue weighted by Gasteiger charge is 2.37. The molecule has 2 heterocycles. The molecule has 1 N–H and O–H groups in total. The molecule has 21 heavy (non-hydrogen) atoms. The van der Waals surface area contributed by atoms with Crippen molar-refractivity contribution in [2.24, 2.45) is 5.92 Å². The fraction of sp³-hybridized carbons (Fsp3) is 0.571. The van der Waals surface area contributed by atoms with Crippen molar-refractivity contribution in [2.75, 3.05) is 19.6 Å². The van der Waals surface area contributed by atoms with Crippen LogP contribution in [0.2, 0.25) is 0 Å². The van der Waals surface area contributed by atoms with Crippen molar-refractivity contribution in [2.45, 2.75) is 30.7 Å². The lowest BCUT2D eigenvalue weighted by Gasteiger charge is -2.34. The molecule has 2 saturated heterocycles. The van der Waals surface area contributed by atoms with E-state index in [2.05, 4.69) is 5.32 Å². The van der Waals surface area contributed by atoms with Gasteiger partial charge in [0.25, 0.3) is 0 Å². The Kier molecular flexibility index (Phi) is 4.92. The molecule has 0 radical (unpaired) electrons. The molecular weight excluding hydrogens is 315 g/mol. The van der Waals surface area contributed by atoms with Gasteiger partial charge in [0, 0.05) is 19.1 Å². The summed E-state index contributed by atoms with van der Waals surface area (Å²) in [6, 6.07) is 4.58. The number of rotatable bonds is 2. The molecule has 2 atom stereocenters. The number of hydrogen-bond donors (Lipinski definition) is 1. The Bertz CT molecular complexity index is 623. The van der Waals surface area contributed by atoms with Crippen molar-refractivity contribution in [3.05, 3.63) is 29.6 Å². The normalized spacial score (nSPS) is 26.2. The van der Waals surface area contributed by atoms with E-state index in [1.807, 2.05) is 0 Å². The highest BCUT2D eigenvalue weighted by molar-refractivity contribution is 7.89. The SMILES string of the molecule is Cc1ccc(S(=O)(=O)N2CCC3NCCC3C2)cc1F.Cl. The molecule has 0 spiro atoms. The lowest BCUT2D eigenvalue weighted by atomic mass is 9.95. The molecule has 2 fully saturated rings. The lowest BCUT2D eigenvalue weighted by molar-refractivity contribution is 0.247. The molecular formula is C14H20ClFN2O2S. The van der Waals surface area contributed by atoms with Gasteiger partial charge in [-0.1, -0.05) is 6.07 Å². The topological polar surface area (TPSA) is 49.4 Å². The zero-order valence-corrected chi connectivity index (χ0v) is 13.5. The molecule has 2 aliphatic rings. The van der Waals surface area contributed by atoms with Gasteiger partial charge in [-0.05, 0) is 49.9 Å². The minimum absolute atomic E-state index is 0. The van der Waals surface area contributed by atoms with Gasteiger partial charge in [-0.15, -0.1) is 12.4 Å². The van der Waals surface area contributed by atoms with E-state index in [1.165, 1.54) is 16.4 Å². The summed E-state index contributed by atoms with van der Waals surface area (Å²) in [6.07, 6.45) is 1.84. The van der Waals surface area contributed by atoms with E-state index >= 15 is 0 Å². The van der Waals surface area contributed by atoms with Crippen LogP contribution in [0.3, 0.4) is 0 Å². The van der Waals surface area contributed by atoms with Crippen molar-refractivity contribution in [1.82, 2.24) is 9.62 Å². The smallest absolute Gasteiger partial charge is 0.243 e. The molecule has 7 heteroatoms. The van der Waals surface area contributed by atoms with Crippen LogP contribution in [-0.4, -0.2) is 38.4 Å². The maximum absolute atomic E-state index is 13.6. The Morgan fingerprint density at radius 1 is 1.33 bits per heavy atom. The highest BCUT2D eigenvalue weighted by atomic mass is 35.5. The summed E-state index contributed by atoms with van der Waals surface area (Å²) in [6.45, 7) is 3.63. The van der Waals surface area contributed by atoms with Gasteiger partial charge in [-0.3, -0.25) is 0 Å². The Hall–Kier alpha value is -0.690. The maximum Gasteiger partial charge on any atom is 0.243 e. The van der Waals surface area contributed by atoms with Crippen LogP contribution >= 0.6 is 12.4 Å². The maximum atomic E-state index is 13.6. The number of sulfonamides is 1. The standard InChI is InChI=1S/C14H19FN2O2S.ClH/c1-10-2-3-12(8-13(10)15)20(18,19)17-7-5-14-11(9-17)4-6-16-14;/h2-3,8,11,14,16H,4-7,9H2,1H3;1H. The van der Waals surface area contributed by atoms with E-state index in [-0.39, 0.29) is 17.3 Å². The number of fused-ring (bicyclic) bond motifs is 1. The summed E-state index contributed by atoms with van der Waals surface area (Å²) in [5.41, 5.74) is 0.461. The van der Waals surface area contributed by atoms with Crippen LogP contribution in [0, 0.1) is 18.7 Å². The average Bonchev–Trinajstić information content (AvgIpc) is 2.89. The molecule has 2 aliphatic heterocycles. The monoisotopic (exact) mass is 334 g/mol. The van der Waals surface area contributed by atoms with E-state index < -0.39 is 15.8 Å². The van der Waals surface area contributed by atoms with Crippen LogP contribution in [0.15, 0.2) is 23.1 Å². The number of aryl methyl sites for hydroxylation is 1. The van der Waals surface area contributed by atoms with Crippen molar-refractivity contribution < 1.29 is 12.8 Å². The van der Waals surface area contributed by atoms with Crippen molar-refractivity contribution in [3.63, 3.8) is 0 Å². The highest BCUT2D eigenvalue weighted by Crippen LogP contribution is 2.29. The van der Waals surface area contributed by atoms with Crippen LogP contribution in [0.25, 0.3) is 0 Å². The van der Waals surface area contributed by atoms with E-state index in [9.17, 15) is 12.8 Å². The van der Waals surface area contributed by atoms with Crippen molar-refractivity contribution in [1.29, 1.82) is 0 Å². The Balaban J connectivity index is 0.00000161. The third kappa shape index (κ3) is 3.08. The summed E-state index contributed by atoms with van der Waals surface area (Å²) in [5.74, 6) is -0.0858. The first-order valence-electron chi connectivity index (χ1n) is 6.98. The molecule has 2 unspecified atom stereocenters. The summed E-state index contributed by atoms with van der Waals surface area (Å²) in [7, 11) is -3.57. The largest absolute Gasteiger partial charge is 0.314 e.